The number of carbonyl (C=O) groups excluding carboxylic acids is 2. The Morgan fingerprint density at radius 1 is 1.30 bits per heavy atom. The number of nitrogens with zero attached hydrogens (tertiary/aromatic N) is 1. The van der Waals surface area contributed by atoms with Gasteiger partial charge in [0.15, 0.2) is 6.61 Å². The van der Waals surface area contributed by atoms with E-state index in [2.05, 4.69) is 5.32 Å². The summed E-state index contributed by atoms with van der Waals surface area (Å²) in [6.07, 6.45) is 2.37. The summed E-state index contributed by atoms with van der Waals surface area (Å²) in [6, 6.07) is 10.2. The maximum absolute atomic E-state index is 11.9. The summed E-state index contributed by atoms with van der Waals surface area (Å²) >= 11 is 0. The van der Waals surface area contributed by atoms with Gasteiger partial charge in [-0.3, -0.25) is 14.5 Å². The highest BCUT2D eigenvalue weighted by molar-refractivity contribution is 5.77. The van der Waals surface area contributed by atoms with Crippen LogP contribution in [0.15, 0.2) is 47.1 Å². The summed E-state index contributed by atoms with van der Waals surface area (Å²) in [6.45, 7) is 0.339. The third-order valence-electron chi connectivity index (χ3n) is 3.37. The van der Waals surface area contributed by atoms with Crippen LogP contribution < -0.4 is 10.1 Å². The zero-order valence-electron chi connectivity index (χ0n) is 13.2. The largest absolute Gasteiger partial charge is 0.484 e. The molecule has 6 nitrogen and oxygen atoms in total. The third-order valence-corrected chi connectivity index (χ3v) is 3.37. The van der Waals surface area contributed by atoms with Crippen LogP contribution in [0, 0.1) is 0 Å². The van der Waals surface area contributed by atoms with Crippen molar-refractivity contribution >= 4 is 12.2 Å². The predicted molar refractivity (Wildman–Crippen MR) is 85.5 cm³/mol. The normalized spacial score (nSPS) is 12.0. The highest BCUT2D eigenvalue weighted by Crippen LogP contribution is 2.17. The molecular weight excluding hydrogens is 296 g/mol. The number of hydrogen-bond donors (Lipinski definition) is 1. The van der Waals surface area contributed by atoms with E-state index in [9.17, 15) is 9.59 Å². The lowest BCUT2D eigenvalue weighted by molar-refractivity contribution is -0.123. The lowest BCUT2D eigenvalue weighted by Crippen LogP contribution is -2.36. The Morgan fingerprint density at radius 2 is 2.04 bits per heavy atom. The second-order valence-electron chi connectivity index (χ2n) is 5.27. The SMILES string of the molecule is CN(C)C(CNC(=O)COc1ccc(C=O)cc1)c1ccco1. The van der Waals surface area contributed by atoms with Gasteiger partial charge in [0.25, 0.3) is 5.91 Å². The number of aldehydes is 1. The molecular formula is C17H20N2O4. The fraction of sp³-hybridized carbons (Fsp3) is 0.294. The molecule has 1 unspecified atom stereocenters. The van der Waals surface area contributed by atoms with Gasteiger partial charge in [-0.05, 0) is 50.5 Å². The smallest absolute Gasteiger partial charge is 0.258 e. The number of nitrogens with one attached hydrogen (secondary N) is 1. The highest BCUT2D eigenvalue weighted by atomic mass is 16.5. The van der Waals surface area contributed by atoms with Crippen molar-refractivity contribution in [3.63, 3.8) is 0 Å². The molecule has 0 spiro atoms. The van der Waals surface area contributed by atoms with Crippen molar-refractivity contribution in [2.45, 2.75) is 6.04 Å². The van der Waals surface area contributed by atoms with Crippen molar-refractivity contribution in [2.24, 2.45) is 0 Å². The van der Waals surface area contributed by atoms with E-state index in [1.54, 1.807) is 30.5 Å². The van der Waals surface area contributed by atoms with Gasteiger partial charge in [0.1, 0.15) is 17.8 Å². The lowest BCUT2D eigenvalue weighted by Gasteiger charge is -2.22. The Kier molecular flexibility index (Phi) is 5.94. The van der Waals surface area contributed by atoms with Gasteiger partial charge >= 0.3 is 0 Å². The highest BCUT2D eigenvalue weighted by Gasteiger charge is 2.17. The maximum Gasteiger partial charge on any atom is 0.258 e. The molecule has 0 aliphatic carbocycles. The number of likely N-dealkylation sites (N-methyl/N-ethyl adjacent to an activating group) is 1. The second kappa shape index (κ2) is 8.14. The minimum absolute atomic E-state index is 0.0409. The van der Waals surface area contributed by atoms with E-state index in [1.807, 2.05) is 31.1 Å². The molecule has 1 aromatic carbocycles. The maximum atomic E-state index is 11.9. The molecule has 2 rings (SSSR count). The first kappa shape index (κ1) is 16.8. The van der Waals surface area contributed by atoms with E-state index in [1.165, 1.54) is 0 Å². The van der Waals surface area contributed by atoms with Crippen LogP contribution in [-0.4, -0.2) is 44.3 Å². The lowest BCUT2D eigenvalue weighted by atomic mass is 10.2. The molecule has 0 aliphatic rings. The fourth-order valence-electron chi connectivity index (χ4n) is 2.07. The number of benzene rings is 1. The Bertz CT molecular complexity index is 621. The van der Waals surface area contributed by atoms with Gasteiger partial charge in [-0.15, -0.1) is 0 Å². The average Bonchev–Trinajstić information content (AvgIpc) is 3.07. The second-order valence-corrected chi connectivity index (χ2v) is 5.27. The van der Waals surface area contributed by atoms with Crippen LogP contribution in [0.25, 0.3) is 0 Å². The first-order chi connectivity index (χ1) is 11.1. The van der Waals surface area contributed by atoms with Gasteiger partial charge < -0.3 is 14.5 Å². The number of rotatable bonds is 8. The zero-order chi connectivity index (χ0) is 16.7. The van der Waals surface area contributed by atoms with Gasteiger partial charge in [0, 0.05) is 12.1 Å². The topological polar surface area (TPSA) is 71.8 Å². The Hall–Kier alpha value is -2.60. The van der Waals surface area contributed by atoms with Crippen molar-refractivity contribution in [3.8, 4) is 5.75 Å². The number of carbonyl (C=O) groups is 2. The van der Waals surface area contributed by atoms with Crippen molar-refractivity contribution in [1.29, 1.82) is 0 Å². The number of furan rings is 1. The van der Waals surface area contributed by atoms with E-state index < -0.39 is 0 Å². The van der Waals surface area contributed by atoms with E-state index in [4.69, 9.17) is 9.15 Å². The molecule has 0 saturated heterocycles. The predicted octanol–water partition coefficient (Wildman–Crippen LogP) is 1.89. The molecule has 0 fully saturated rings. The summed E-state index contributed by atoms with van der Waals surface area (Å²) in [5.74, 6) is 1.12. The molecule has 1 atom stereocenters. The molecule has 2 aromatic rings. The third kappa shape index (κ3) is 4.96. The van der Waals surface area contributed by atoms with E-state index in [0.717, 1.165) is 12.0 Å². The van der Waals surface area contributed by atoms with Crippen LogP contribution in [0.3, 0.4) is 0 Å². The first-order valence-corrected chi connectivity index (χ1v) is 7.24. The molecule has 0 aliphatic heterocycles. The van der Waals surface area contributed by atoms with Crippen LogP contribution in [0.5, 0.6) is 5.75 Å². The van der Waals surface area contributed by atoms with Gasteiger partial charge in [-0.1, -0.05) is 0 Å². The molecule has 0 bridgehead atoms. The van der Waals surface area contributed by atoms with Crippen LogP contribution in [0.2, 0.25) is 0 Å². The first-order valence-electron chi connectivity index (χ1n) is 7.24. The molecule has 23 heavy (non-hydrogen) atoms. The van der Waals surface area contributed by atoms with E-state index in [0.29, 0.717) is 17.9 Å². The minimum atomic E-state index is -0.220. The van der Waals surface area contributed by atoms with Gasteiger partial charge in [-0.2, -0.15) is 0 Å². The summed E-state index contributed by atoms with van der Waals surface area (Å²) in [7, 11) is 3.84. The minimum Gasteiger partial charge on any atom is -0.484 e. The average molecular weight is 316 g/mol. The zero-order valence-corrected chi connectivity index (χ0v) is 13.2. The van der Waals surface area contributed by atoms with Crippen LogP contribution in [0.4, 0.5) is 0 Å². The molecule has 0 saturated carbocycles. The molecule has 0 radical (unpaired) electrons. The molecule has 1 N–H and O–H groups in total. The quantitative estimate of drug-likeness (QED) is 0.753. The van der Waals surface area contributed by atoms with Crippen LogP contribution in [0.1, 0.15) is 22.2 Å². The van der Waals surface area contributed by atoms with Gasteiger partial charge in [-0.25, -0.2) is 0 Å². The molecule has 6 heteroatoms. The van der Waals surface area contributed by atoms with Crippen molar-refractivity contribution in [1.82, 2.24) is 10.2 Å². The number of ether oxygens (including phenoxy) is 1. The van der Waals surface area contributed by atoms with Crippen molar-refractivity contribution in [3.05, 3.63) is 54.0 Å². The number of hydrogen-bond acceptors (Lipinski definition) is 5. The van der Waals surface area contributed by atoms with E-state index >= 15 is 0 Å². The monoisotopic (exact) mass is 316 g/mol. The molecule has 1 amide bonds. The molecule has 122 valence electrons. The standard InChI is InChI=1S/C17H20N2O4/c1-19(2)15(16-4-3-9-22-16)10-18-17(21)12-23-14-7-5-13(11-20)6-8-14/h3-9,11,15H,10,12H2,1-2H3,(H,18,21). The number of amides is 1. The summed E-state index contributed by atoms with van der Waals surface area (Å²) < 4.78 is 10.8. The van der Waals surface area contributed by atoms with Gasteiger partial charge in [0.2, 0.25) is 0 Å². The van der Waals surface area contributed by atoms with Gasteiger partial charge in [0.05, 0.1) is 12.3 Å². The fourth-order valence-corrected chi connectivity index (χ4v) is 2.07. The van der Waals surface area contributed by atoms with Crippen LogP contribution >= 0.6 is 0 Å². The molecule has 1 aromatic heterocycles. The van der Waals surface area contributed by atoms with Crippen molar-refractivity contribution in [2.75, 3.05) is 27.2 Å². The van der Waals surface area contributed by atoms with E-state index in [-0.39, 0.29) is 18.6 Å². The summed E-state index contributed by atoms with van der Waals surface area (Å²) in [5, 5.41) is 2.82. The Morgan fingerprint density at radius 3 is 2.61 bits per heavy atom. The Balaban J connectivity index is 1.80. The summed E-state index contributed by atoms with van der Waals surface area (Å²) in [5.41, 5.74) is 0.564. The van der Waals surface area contributed by atoms with Crippen LogP contribution in [-0.2, 0) is 4.79 Å². The Labute approximate surface area is 135 Å². The molecule has 1 heterocycles. The summed E-state index contributed by atoms with van der Waals surface area (Å²) in [4.78, 5) is 24.4. The van der Waals surface area contributed by atoms with Crippen molar-refractivity contribution < 1.29 is 18.7 Å².